The van der Waals surface area contributed by atoms with E-state index in [2.05, 4.69) is 0 Å². The lowest BCUT2D eigenvalue weighted by molar-refractivity contribution is 0.0736. The number of esters is 1. The number of para-hydroxylation sites is 1. The average Bonchev–Trinajstić information content (AvgIpc) is 2.83. The molecule has 154 valence electrons. The Labute approximate surface area is 179 Å². The molecule has 4 aromatic carbocycles. The standard InChI is InChI=1S/C26H20O5/c27-18-21-11-10-19-6-4-5-9-24(19)25(21)31-26(28)20-12-14-23(15-13-20)30-17-16-29-22-7-2-1-3-8-22/h1-15,18H,16-17H2. The minimum absolute atomic E-state index is 0.261. The maximum absolute atomic E-state index is 12.7. The molecule has 0 bridgehead atoms. The smallest absolute Gasteiger partial charge is 0.343 e. The van der Waals surface area contributed by atoms with Crippen molar-refractivity contribution in [3.8, 4) is 17.2 Å². The molecule has 0 amide bonds. The first-order valence-electron chi connectivity index (χ1n) is 9.84. The van der Waals surface area contributed by atoms with Gasteiger partial charge in [-0.3, -0.25) is 4.79 Å². The number of hydrogen-bond acceptors (Lipinski definition) is 5. The molecule has 0 heterocycles. The summed E-state index contributed by atoms with van der Waals surface area (Å²) in [7, 11) is 0. The highest BCUT2D eigenvalue weighted by Crippen LogP contribution is 2.30. The van der Waals surface area contributed by atoms with Gasteiger partial charge in [-0.2, -0.15) is 0 Å². The van der Waals surface area contributed by atoms with Crippen molar-refractivity contribution in [1.82, 2.24) is 0 Å². The maximum atomic E-state index is 12.7. The number of ether oxygens (including phenoxy) is 3. The number of carbonyl (C=O) groups is 2. The van der Waals surface area contributed by atoms with Gasteiger partial charge in [0.25, 0.3) is 0 Å². The zero-order valence-corrected chi connectivity index (χ0v) is 16.7. The summed E-state index contributed by atoms with van der Waals surface area (Å²) in [6.45, 7) is 0.779. The summed E-state index contributed by atoms with van der Waals surface area (Å²) in [6, 6.07) is 27.1. The van der Waals surface area contributed by atoms with Gasteiger partial charge in [-0.1, -0.05) is 48.5 Å². The predicted molar refractivity (Wildman–Crippen MR) is 118 cm³/mol. The van der Waals surface area contributed by atoms with Gasteiger partial charge in [-0.25, -0.2) is 4.79 Å². The van der Waals surface area contributed by atoms with Crippen molar-refractivity contribution in [2.24, 2.45) is 0 Å². The van der Waals surface area contributed by atoms with Gasteiger partial charge in [0.1, 0.15) is 30.5 Å². The van der Waals surface area contributed by atoms with Gasteiger partial charge in [-0.05, 0) is 47.9 Å². The molecule has 0 fully saturated rings. The molecule has 0 aromatic heterocycles. The van der Waals surface area contributed by atoms with Crippen LogP contribution in [0.5, 0.6) is 17.2 Å². The lowest BCUT2D eigenvalue weighted by Gasteiger charge is -2.11. The minimum atomic E-state index is -0.543. The monoisotopic (exact) mass is 412 g/mol. The number of hydrogen-bond donors (Lipinski definition) is 0. The molecule has 0 spiro atoms. The van der Waals surface area contributed by atoms with Crippen LogP contribution in [0.25, 0.3) is 10.8 Å². The highest BCUT2D eigenvalue weighted by atomic mass is 16.5. The van der Waals surface area contributed by atoms with Crippen LogP contribution in [-0.2, 0) is 0 Å². The normalized spacial score (nSPS) is 10.5. The van der Waals surface area contributed by atoms with E-state index in [9.17, 15) is 9.59 Å². The van der Waals surface area contributed by atoms with Crippen LogP contribution in [0.15, 0.2) is 91.0 Å². The first-order chi connectivity index (χ1) is 15.2. The van der Waals surface area contributed by atoms with Gasteiger partial charge >= 0.3 is 5.97 Å². The van der Waals surface area contributed by atoms with Crippen molar-refractivity contribution < 1.29 is 23.8 Å². The number of fused-ring (bicyclic) bond motifs is 1. The molecule has 0 unspecified atom stereocenters. The highest BCUT2D eigenvalue weighted by Gasteiger charge is 2.15. The van der Waals surface area contributed by atoms with E-state index in [1.165, 1.54) is 0 Å². The Morgan fingerprint density at radius 2 is 1.35 bits per heavy atom. The topological polar surface area (TPSA) is 61.8 Å². The maximum Gasteiger partial charge on any atom is 0.343 e. The molecule has 0 aliphatic rings. The van der Waals surface area contributed by atoms with Crippen LogP contribution in [0.3, 0.4) is 0 Å². The summed E-state index contributed by atoms with van der Waals surface area (Å²) in [4.78, 5) is 24.1. The third-order valence-corrected chi connectivity index (χ3v) is 4.69. The van der Waals surface area contributed by atoms with Gasteiger partial charge in [0.2, 0.25) is 0 Å². The van der Waals surface area contributed by atoms with E-state index >= 15 is 0 Å². The minimum Gasteiger partial charge on any atom is -0.490 e. The molecule has 0 saturated carbocycles. The van der Waals surface area contributed by atoms with Crippen LogP contribution < -0.4 is 14.2 Å². The van der Waals surface area contributed by atoms with E-state index in [0.29, 0.717) is 41.8 Å². The van der Waals surface area contributed by atoms with Crippen molar-refractivity contribution in [3.05, 3.63) is 102 Å². The van der Waals surface area contributed by atoms with Gasteiger partial charge in [0, 0.05) is 5.39 Å². The van der Waals surface area contributed by atoms with Crippen molar-refractivity contribution in [1.29, 1.82) is 0 Å². The van der Waals surface area contributed by atoms with Crippen molar-refractivity contribution >= 4 is 23.0 Å². The molecule has 0 aliphatic heterocycles. The number of benzene rings is 4. The predicted octanol–water partition coefficient (Wildman–Crippen LogP) is 5.33. The van der Waals surface area contributed by atoms with Crippen LogP contribution >= 0.6 is 0 Å². The van der Waals surface area contributed by atoms with E-state index in [0.717, 1.165) is 11.1 Å². The summed E-state index contributed by atoms with van der Waals surface area (Å²) in [5, 5.41) is 1.59. The molecule has 0 N–H and O–H groups in total. The van der Waals surface area contributed by atoms with E-state index in [1.807, 2.05) is 60.7 Å². The lowest BCUT2D eigenvalue weighted by Crippen LogP contribution is -2.11. The molecule has 4 rings (SSSR count). The van der Waals surface area contributed by atoms with Gasteiger partial charge in [0.05, 0.1) is 11.1 Å². The van der Waals surface area contributed by atoms with Crippen molar-refractivity contribution in [2.45, 2.75) is 0 Å². The Bertz CT molecular complexity index is 1180. The van der Waals surface area contributed by atoms with Crippen molar-refractivity contribution in [2.75, 3.05) is 13.2 Å². The quantitative estimate of drug-likeness (QED) is 0.169. The van der Waals surface area contributed by atoms with Crippen LogP contribution in [0.4, 0.5) is 0 Å². The molecule has 0 saturated heterocycles. The third-order valence-electron chi connectivity index (χ3n) is 4.69. The zero-order chi connectivity index (χ0) is 21.5. The largest absolute Gasteiger partial charge is 0.490 e. The molecular formula is C26H20O5. The van der Waals surface area contributed by atoms with Crippen LogP contribution in [0.1, 0.15) is 20.7 Å². The summed E-state index contributed by atoms with van der Waals surface area (Å²) in [5.74, 6) is 1.12. The number of carbonyl (C=O) groups excluding carboxylic acids is 2. The number of aldehydes is 1. The highest BCUT2D eigenvalue weighted by molar-refractivity contribution is 6.00. The molecule has 5 heteroatoms. The van der Waals surface area contributed by atoms with Crippen LogP contribution in [0, 0.1) is 0 Å². The van der Waals surface area contributed by atoms with Gasteiger partial charge in [-0.15, -0.1) is 0 Å². The fourth-order valence-electron chi connectivity index (χ4n) is 3.14. The molecule has 0 atom stereocenters. The Hall–Kier alpha value is -4.12. The van der Waals surface area contributed by atoms with Crippen LogP contribution in [0.2, 0.25) is 0 Å². The first-order valence-corrected chi connectivity index (χ1v) is 9.84. The Morgan fingerprint density at radius 1 is 0.710 bits per heavy atom. The van der Waals surface area contributed by atoms with E-state index in [1.54, 1.807) is 30.3 Å². The SMILES string of the molecule is O=Cc1ccc2ccccc2c1OC(=O)c1ccc(OCCOc2ccccc2)cc1. The second-order valence-electron chi connectivity index (χ2n) is 6.75. The van der Waals surface area contributed by atoms with E-state index in [-0.39, 0.29) is 5.75 Å². The zero-order valence-electron chi connectivity index (χ0n) is 16.7. The molecule has 0 aliphatic carbocycles. The lowest BCUT2D eigenvalue weighted by atomic mass is 10.1. The summed E-state index contributed by atoms with van der Waals surface area (Å²) in [5.41, 5.74) is 0.683. The Kier molecular flexibility index (Phi) is 6.24. The van der Waals surface area contributed by atoms with Crippen LogP contribution in [-0.4, -0.2) is 25.5 Å². The molecule has 0 radical (unpaired) electrons. The Morgan fingerprint density at radius 3 is 2.06 bits per heavy atom. The average molecular weight is 412 g/mol. The van der Waals surface area contributed by atoms with Gasteiger partial charge < -0.3 is 14.2 Å². The Balaban J connectivity index is 1.39. The second kappa shape index (κ2) is 9.59. The summed E-state index contributed by atoms with van der Waals surface area (Å²) < 4.78 is 16.8. The molecular weight excluding hydrogens is 392 g/mol. The summed E-state index contributed by atoms with van der Waals surface area (Å²) in [6.07, 6.45) is 0.684. The fraction of sp³-hybridized carbons (Fsp3) is 0.0769. The first kappa shape index (κ1) is 20.2. The van der Waals surface area contributed by atoms with E-state index in [4.69, 9.17) is 14.2 Å². The summed E-state index contributed by atoms with van der Waals surface area (Å²) >= 11 is 0. The molecule has 5 nitrogen and oxygen atoms in total. The van der Waals surface area contributed by atoms with Crippen molar-refractivity contribution in [3.63, 3.8) is 0 Å². The third kappa shape index (κ3) is 4.90. The number of rotatable bonds is 8. The molecule has 31 heavy (non-hydrogen) atoms. The van der Waals surface area contributed by atoms with Gasteiger partial charge in [0.15, 0.2) is 6.29 Å². The van der Waals surface area contributed by atoms with E-state index < -0.39 is 5.97 Å². The fourth-order valence-corrected chi connectivity index (χ4v) is 3.14. The molecule has 4 aromatic rings. The second-order valence-corrected chi connectivity index (χ2v) is 6.75.